The van der Waals surface area contributed by atoms with Crippen LogP contribution in [0.15, 0.2) is 66.7 Å². The molecule has 2 aliphatic rings. The standard InChI is InChI=1S/C18H19NO3.C14H20N2O2.C2H4O2/c20-17-9-7-14-6-8-16(10-15(14)11-17)19-18(21)22-12-13-4-2-1-3-5-13;1-16(2)14(17)9-18-13-6-4-10-3-5-12(15)7-11(10)8-13;1-2(3)4/h1-5,7,9,11,16,20H,6,8,10,12H2,(H,19,21);4,6,8,12H,3,5,7,9,15H2,1-2H3;1H3,(H,3,4)/t16-;12-;/m00./s1. The van der Waals surface area contributed by atoms with Gasteiger partial charge in [-0.15, -0.1) is 0 Å². The zero-order chi connectivity index (χ0) is 32.1. The molecule has 3 aromatic carbocycles. The highest BCUT2D eigenvalue weighted by Gasteiger charge is 2.21. The lowest BCUT2D eigenvalue weighted by molar-refractivity contribution is -0.134. The molecule has 2 amide bonds. The van der Waals surface area contributed by atoms with Crippen LogP contribution in [0.5, 0.6) is 11.5 Å². The molecule has 0 spiro atoms. The van der Waals surface area contributed by atoms with E-state index in [0.717, 1.165) is 62.3 Å². The van der Waals surface area contributed by atoms with Crippen LogP contribution in [-0.4, -0.2) is 65.9 Å². The van der Waals surface area contributed by atoms with Crippen LogP contribution < -0.4 is 15.8 Å². The third kappa shape index (κ3) is 11.6. The lowest BCUT2D eigenvalue weighted by Gasteiger charge is -2.25. The predicted molar refractivity (Wildman–Crippen MR) is 168 cm³/mol. The summed E-state index contributed by atoms with van der Waals surface area (Å²) in [5, 5.41) is 19.9. The van der Waals surface area contributed by atoms with Gasteiger partial charge in [0.05, 0.1) is 0 Å². The normalized spacial score (nSPS) is 16.3. The lowest BCUT2D eigenvalue weighted by atomic mass is 9.88. The van der Waals surface area contributed by atoms with E-state index in [0.29, 0.717) is 0 Å². The topological polar surface area (TPSA) is 151 Å². The van der Waals surface area contributed by atoms with E-state index in [1.165, 1.54) is 21.6 Å². The fourth-order valence-electron chi connectivity index (χ4n) is 4.92. The Kier molecular flexibility index (Phi) is 13.0. The van der Waals surface area contributed by atoms with Crippen molar-refractivity contribution in [3.63, 3.8) is 0 Å². The third-order valence-corrected chi connectivity index (χ3v) is 7.26. The molecule has 0 saturated heterocycles. The van der Waals surface area contributed by atoms with Crippen molar-refractivity contribution < 1.29 is 34.1 Å². The van der Waals surface area contributed by atoms with Crippen LogP contribution in [0.1, 0.15) is 47.6 Å². The van der Waals surface area contributed by atoms with Crippen LogP contribution in [0.3, 0.4) is 0 Å². The highest BCUT2D eigenvalue weighted by Crippen LogP contribution is 2.26. The number of rotatable bonds is 6. The summed E-state index contributed by atoms with van der Waals surface area (Å²) in [5.41, 5.74) is 11.9. The first-order chi connectivity index (χ1) is 21.0. The van der Waals surface area contributed by atoms with Crippen molar-refractivity contribution in [2.24, 2.45) is 5.73 Å². The van der Waals surface area contributed by atoms with Gasteiger partial charge in [0.25, 0.3) is 11.9 Å². The second kappa shape index (κ2) is 16.9. The van der Waals surface area contributed by atoms with Gasteiger partial charge in [-0.25, -0.2) is 4.79 Å². The number of nitrogens with zero attached hydrogens (tertiary/aromatic N) is 1. The molecule has 2 atom stereocenters. The maximum Gasteiger partial charge on any atom is 0.407 e. The van der Waals surface area contributed by atoms with Crippen molar-refractivity contribution >= 4 is 18.0 Å². The summed E-state index contributed by atoms with van der Waals surface area (Å²) in [6.07, 6.45) is 5.10. The van der Waals surface area contributed by atoms with Crippen molar-refractivity contribution in [1.29, 1.82) is 0 Å². The van der Waals surface area contributed by atoms with Gasteiger partial charge in [-0.1, -0.05) is 42.5 Å². The monoisotopic (exact) mass is 605 g/mol. The second-order valence-electron chi connectivity index (χ2n) is 11.1. The number of phenolic OH excluding ortho intramolecular Hbond substituents is 1. The number of hydrogen-bond acceptors (Lipinski definition) is 7. The molecule has 3 aromatic rings. The van der Waals surface area contributed by atoms with E-state index >= 15 is 0 Å². The van der Waals surface area contributed by atoms with E-state index in [1.54, 1.807) is 26.2 Å². The van der Waals surface area contributed by atoms with Gasteiger partial charge < -0.3 is 35.6 Å². The van der Waals surface area contributed by atoms with Crippen LogP contribution in [0.4, 0.5) is 4.79 Å². The minimum Gasteiger partial charge on any atom is -0.508 e. The first-order valence-electron chi connectivity index (χ1n) is 14.7. The fourth-order valence-corrected chi connectivity index (χ4v) is 4.92. The van der Waals surface area contributed by atoms with Gasteiger partial charge in [0.1, 0.15) is 18.1 Å². The Morgan fingerprint density at radius 3 is 2.23 bits per heavy atom. The zero-order valence-electron chi connectivity index (χ0n) is 25.6. The van der Waals surface area contributed by atoms with Crippen molar-refractivity contribution in [1.82, 2.24) is 10.2 Å². The molecular weight excluding hydrogens is 562 g/mol. The number of carbonyl (C=O) groups is 3. The van der Waals surface area contributed by atoms with E-state index in [9.17, 15) is 14.7 Å². The largest absolute Gasteiger partial charge is 0.508 e. The molecule has 10 nitrogen and oxygen atoms in total. The van der Waals surface area contributed by atoms with Crippen LogP contribution in [-0.2, 0) is 46.6 Å². The van der Waals surface area contributed by atoms with E-state index in [1.807, 2.05) is 48.5 Å². The highest BCUT2D eigenvalue weighted by molar-refractivity contribution is 5.77. The van der Waals surface area contributed by atoms with Gasteiger partial charge in [-0.3, -0.25) is 9.59 Å². The summed E-state index contributed by atoms with van der Waals surface area (Å²) < 4.78 is 10.7. The number of benzene rings is 3. The number of carbonyl (C=O) groups excluding carboxylic acids is 2. The van der Waals surface area contributed by atoms with Crippen LogP contribution in [0.25, 0.3) is 0 Å². The molecule has 5 rings (SSSR count). The highest BCUT2D eigenvalue weighted by atomic mass is 16.5. The molecule has 0 radical (unpaired) electrons. The number of carboxylic acid groups (broad SMARTS) is 1. The van der Waals surface area contributed by atoms with Gasteiger partial charge in [-0.2, -0.15) is 0 Å². The van der Waals surface area contributed by atoms with Gasteiger partial charge >= 0.3 is 6.09 Å². The maximum atomic E-state index is 11.9. The number of hydrogen-bond donors (Lipinski definition) is 4. The van der Waals surface area contributed by atoms with Crippen LogP contribution in [0, 0.1) is 0 Å². The van der Waals surface area contributed by atoms with Crippen molar-refractivity contribution in [3.8, 4) is 11.5 Å². The molecular formula is C34H43N3O7. The molecule has 0 aliphatic heterocycles. The Morgan fingerprint density at radius 2 is 1.55 bits per heavy atom. The number of aryl methyl sites for hydroxylation is 2. The number of amides is 2. The number of nitrogens with two attached hydrogens (primary N) is 1. The number of nitrogens with one attached hydrogen (secondary N) is 1. The second-order valence-corrected chi connectivity index (χ2v) is 11.1. The Balaban J connectivity index is 0.000000218. The SMILES string of the molecule is CC(=O)O.CN(C)C(=O)COc1ccc2c(c1)C[C@@H](N)CC2.O=C(N[C@H]1CCc2ccc(O)cc2C1)OCc1ccccc1. The predicted octanol–water partition coefficient (Wildman–Crippen LogP) is 4.24. The summed E-state index contributed by atoms with van der Waals surface area (Å²) in [7, 11) is 3.44. The van der Waals surface area contributed by atoms with E-state index in [4.69, 9.17) is 25.1 Å². The number of likely N-dealkylation sites (N-methyl/N-ethyl adjacent to an activating group) is 1. The molecule has 5 N–H and O–H groups in total. The number of aliphatic carboxylic acids is 1. The number of ether oxygens (including phenoxy) is 2. The summed E-state index contributed by atoms with van der Waals surface area (Å²) in [4.78, 5) is 33.8. The smallest absolute Gasteiger partial charge is 0.407 e. The number of alkyl carbamates (subject to hydrolysis) is 1. The Morgan fingerprint density at radius 1 is 0.909 bits per heavy atom. The van der Waals surface area contributed by atoms with Gasteiger partial charge in [-0.05, 0) is 90.6 Å². The number of aromatic hydroxyl groups is 1. The van der Waals surface area contributed by atoms with Crippen molar-refractivity contribution in [2.45, 2.75) is 64.1 Å². The summed E-state index contributed by atoms with van der Waals surface area (Å²) in [6.45, 7) is 1.44. The molecule has 236 valence electrons. The third-order valence-electron chi connectivity index (χ3n) is 7.26. The molecule has 0 fully saturated rings. The average molecular weight is 606 g/mol. The van der Waals surface area contributed by atoms with Gasteiger partial charge in [0, 0.05) is 33.1 Å². The number of phenols is 1. The Bertz CT molecular complexity index is 1390. The lowest BCUT2D eigenvalue weighted by Crippen LogP contribution is -2.39. The average Bonchev–Trinajstić information content (AvgIpc) is 2.99. The molecule has 44 heavy (non-hydrogen) atoms. The molecule has 10 heteroatoms. The summed E-state index contributed by atoms with van der Waals surface area (Å²) in [6, 6.07) is 21.4. The van der Waals surface area contributed by atoms with Crippen molar-refractivity contribution in [3.05, 3.63) is 94.5 Å². The Labute approximate surface area is 258 Å². The molecule has 0 aromatic heterocycles. The molecule has 2 aliphatic carbocycles. The zero-order valence-corrected chi connectivity index (χ0v) is 25.6. The minimum absolute atomic E-state index is 0.0376. The minimum atomic E-state index is -0.833. The van der Waals surface area contributed by atoms with E-state index in [2.05, 4.69) is 11.4 Å². The first kappa shape index (κ1) is 33.9. The molecule has 0 heterocycles. The summed E-state index contributed by atoms with van der Waals surface area (Å²) >= 11 is 0. The van der Waals surface area contributed by atoms with E-state index < -0.39 is 12.1 Å². The van der Waals surface area contributed by atoms with Crippen LogP contribution in [0.2, 0.25) is 0 Å². The number of carboxylic acids is 1. The maximum absolute atomic E-state index is 11.9. The van der Waals surface area contributed by atoms with Gasteiger partial charge in [0.15, 0.2) is 6.61 Å². The quantitative estimate of drug-likeness (QED) is 0.326. The van der Waals surface area contributed by atoms with Crippen LogP contribution >= 0.6 is 0 Å². The van der Waals surface area contributed by atoms with E-state index in [-0.39, 0.29) is 37.0 Å². The number of fused-ring (bicyclic) bond motifs is 2. The molecule has 0 unspecified atom stereocenters. The van der Waals surface area contributed by atoms with Gasteiger partial charge in [0.2, 0.25) is 0 Å². The Hall–Kier alpha value is -4.57. The molecule has 0 bridgehead atoms. The fraction of sp³-hybridized carbons (Fsp3) is 0.382. The first-order valence-corrected chi connectivity index (χ1v) is 14.7. The molecule has 0 saturated carbocycles. The van der Waals surface area contributed by atoms with Crippen molar-refractivity contribution in [2.75, 3.05) is 20.7 Å². The summed E-state index contributed by atoms with van der Waals surface area (Å²) in [5.74, 6) is 0.147.